The molecule has 1 aliphatic rings. The van der Waals surface area contributed by atoms with Crippen LogP contribution in [-0.2, 0) is 0 Å². The lowest BCUT2D eigenvalue weighted by Gasteiger charge is -2.22. The molecule has 0 bridgehead atoms. The fraction of sp³-hybridized carbons (Fsp3) is 0.300. The molecule has 3 rings (SSSR count). The van der Waals surface area contributed by atoms with Crippen molar-refractivity contribution in [2.45, 2.75) is 6.42 Å². The molecule has 148 valence electrons. The van der Waals surface area contributed by atoms with E-state index in [-0.39, 0.29) is 17.8 Å². The van der Waals surface area contributed by atoms with Gasteiger partial charge in [-0.2, -0.15) is 0 Å². The molecule has 1 N–H and O–H groups in total. The van der Waals surface area contributed by atoms with E-state index in [1.165, 1.54) is 31.4 Å². The van der Waals surface area contributed by atoms with Gasteiger partial charge in [0, 0.05) is 37.4 Å². The van der Waals surface area contributed by atoms with E-state index in [0.29, 0.717) is 54.6 Å². The Morgan fingerprint density at radius 2 is 1.71 bits per heavy atom. The number of hydrogen-bond acceptors (Lipinski definition) is 3. The van der Waals surface area contributed by atoms with Crippen molar-refractivity contribution in [3.63, 3.8) is 0 Å². The van der Waals surface area contributed by atoms with E-state index >= 15 is 0 Å². The molecule has 0 spiro atoms. The van der Waals surface area contributed by atoms with Crippen molar-refractivity contribution in [3.8, 4) is 5.75 Å². The predicted octanol–water partition coefficient (Wildman–Crippen LogP) is 3.87. The number of carbonyl (C=O) groups is 2. The first kappa shape index (κ1) is 19.9. The summed E-state index contributed by atoms with van der Waals surface area (Å²) in [6, 6.07) is 10.3. The van der Waals surface area contributed by atoms with Gasteiger partial charge in [-0.05, 0) is 48.9 Å². The second kappa shape index (κ2) is 8.93. The molecule has 1 heterocycles. The Morgan fingerprint density at radius 1 is 1.04 bits per heavy atom. The van der Waals surface area contributed by atoms with Gasteiger partial charge >= 0.3 is 6.03 Å². The summed E-state index contributed by atoms with van der Waals surface area (Å²) in [6.45, 7) is 1.88. The van der Waals surface area contributed by atoms with E-state index in [9.17, 15) is 14.0 Å². The SMILES string of the molecule is COc1ccc(NC(=O)N2CCCN(C(=O)c3ccc(F)cc3)CC2)cc1Cl. The van der Waals surface area contributed by atoms with Gasteiger partial charge in [-0.25, -0.2) is 9.18 Å². The molecule has 1 fully saturated rings. The van der Waals surface area contributed by atoms with Crippen LogP contribution in [-0.4, -0.2) is 55.0 Å². The van der Waals surface area contributed by atoms with E-state index in [4.69, 9.17) is 16.3 Å². The number of halogens is 2. The van der Waals surface area contributed by atoms with Gasteiger partial charge in [-0.1, -0.05) is 11.6 Å². The van der Waals surface area contributed by atoms with Crippen molar-refractivity contribution in [1.29, 1.82) is 0 Å². The molecule has 2 aromatic rings. The lowest BCUT2D eigenvalue weighted by Crippen LogP contribution is -2.39. The summed E-state index contributed by atoms with van der Waals surface area (Å²) < 4.78 is 18.2. The number of urea groups is 1. The van der Waals surface area contributed by atoms with E-state index in [2.05, 4.69) is 5.32 Å². The van der Waals surface area contributed by atoms with Crippen LogP contribution in [0.4, 0.5) is 14.9 Å². The quantitative estimate of drug-likeness (QED) is 0.843. The van der Waals surface area contributed by atoms with Crippen LogP contribution < -0.4 is 10.1 Å². The molecule has 0 aromatic heterocycles. The molecule has 3 amide bonds. The van der Waals surface area contributed by atoms with Crippen LogP contribution in [0.1, 0.15) is 16.8 Å². The second-order valence-corrected chi connectivity index (χ2v) is 6.83. The van der Waals surface area contributed by atoms with Gasteiger partial charge in [0.05, 0.1) is 12.1 Å². The summed E-state index contributed by atoms with van der Waals surface area (Å²) in [4.78, 5) is 28.5. The smallest absolute Gasteiger partial charge is 0.321 e. The topological polar surface area (TPSA) is 61.9 Å². The maximum absolute atomic E-state index is 13.1. The lowest BCUT2D eigenvalue weighted by molar-refractivity contribution is 0.0762. The number of benzene rings is 2. The number of hydrogen-bond donors (Lipinski definition) is 1. The molecule has 6 nitrogen and oxygen atoms in total. The highest BCUT2D eigenvalue weighted by atomic mass is 35.5. The third-order valence-electron chi connectivity index (χ3n) is 4.56. The number of amides is 3. The van der Waals surface area contributed by atoms with E-state index in [0.717, 1.165) is 0 Å². The number of methoxy groups -OCH3 is 1. The summed E-state index contributed by atoms with van der Waals surface area (Å²) in [6.07, 6.45) is 0.656. The van der Waals surface area contributed by atoms with Crippen LogP contribution in [0.25, 0.3) is 0 Å². The van der Waals surface area contributed by atoms with E-state index < -0.39 is 0 Å². The number of rotatable bonds is 3. The van der Waals surface area contributed by atoms with Crippen LogP contribution in [0.2, 0.25) is 5.02 Å². The van der Waals surface area contributed by atoms with Crippen molar-refractivity contribution in [3.05, 3.63) is 58.9 Å². The molecule has 2 aromatic carbocycles. The number of ether oxygens (including phenoxy) is 1. The Labute approximate surface area is 167 Å². The summed E-state index contributed by atoms with van der Waals surface area (Å²) in [5.41, 5.74) is 1.01. The van der Waals surface area contributed by atoms with Crippen molar-refractivity contribution in [1.82, 2.24) is 9.80 Å². The van der Waals surface area contributed by atoms with Crippen LogP contribution in [0.15, 0.2) is 42.5 Å². The normalized spacial score (nSPS) is 14.4. The standard InChI is InChI=1S/C20H21ClFN3O3/c1-28-18-8-7-16(13-17(18)21)23-20(27)25-10-2-9-24(11-12-25)19(26)14-3-5-15(22)6-4-14/h3-8,13H,2,9-12H2,1H3,(H,23,27). The number of nitrogens with zero attached hydrogens (tertiary/aromatic N) is 2. The Kier molecular flexibility index (Phi) is 6.36. The molecule has 0 saturated carbocycles. The van der Waals surface area contributed by atoms with E-state index in [1.807, 2.05) is 0 Å². The van der Waals surface area contributed by atoms with Crippen molar-refractivity contribution >= 4 is 29.2 Å². The summed E-state index contributed by atoms with van der Waals surface area (Å²) in [5, 5.41) is 3.22. The van der Waals surface area contributed by atoms with Gasteiger partial charge in [0.25, 0.3) is 5.91 Å². The second-order valence-electron chi connectivity index (χ2n) is 6.42. The zero-order chi connectivity index (χ0) is 20.1. The first-order chi connectivity index (χ1) is 13.5. The molecular weight excluding hydrogens is 385 g/mol. The van der Waals surface area contributed by atoms with Crippen molar-refractivity contribution < 1.29 is 18.7 Å². The zero-order valence-corrected chi connectivity index (χ0v) is 16.2. The highest BCUT2D eigenvalue weighted by molar-refractivity contribution is 6.32. The third-order valence-corrected chi connectivity index (χ3v) is 4.86. The molecule has 8 heteroatoms. The molecule has 0 unspecified atom stereocenters. The Balaban J connectivity index is 1.59. The fourth-order valence-electron chi connectivity index (χ4n) is 3.05. The van der Waals surface area contributed by atoms with Crippen LogP contribution in [0, 0.1) is 5.82 Å². The Hall–Kier alpha value is -2.80. The monoisotopic (exact) mass is 405 g/mol. The average molecular weight is 406 g/mol. The molecule has 1 aliphatic heterocycles. The minimum atomic E-state index is -0.381. The van der Waals surface area contributed by atoms with Gasteiger partial charge in [0.15, 0.2) is 0 Å². The summed E-state index contributed by atoms with van der Waals surface area (Å²) in [5.74, 6) is -0.0116. The largest absolute Gasteiger partial charge is 0.495 e. The first-order valence-corrected chi connectivity index (χ1v) is 9.30. The maximum atomic E-state index is 13.1. The minimum Gasteiger partial charge on any atom is -0.495 e. The fourth-order valence-corrected chi connectivity index (χ4v) is 3.30. The zero-order valence-electron chi connectivity index (χ0n) is 15.5. The van der Waals surface area contributed by atoms with Gasteiger partial charge in [0.1, 0.15) is 11.6 Å². The van der Waals surface area contributed by atoms with Gasteiger partial charge < -0.3 is 19.9 Å². The number of carbonyl (C=O) groups excluding carboxylic acids is 2. The highest BCUT2D eigenvalue weighted by Gasteiger charge is 2.23. The molecule has 0 aliphatic carbocycles. The first-order valence-electron chi connectivity index (χ1n) is 8.92. The molecule has 28 heavy (non-hydrogen) atoms. The van der Waals surface area contributed by atoms with Crippen molar-refractivity contribution in [2.75, 3.05) is 38.6 Å². The predicted molar refractivity (Wildman–Crippen MR) is 106 cm³/mol. The molecule has 0 radical (unpaired) electrons. The number of nitrogens with one attached hydrogen (secondary N) is 1. The maximum Gasteiger partial charge on any atom is 0.321 e. The molecular formula is C20H21ClFN3O3. The summed E-state index contributed by atoms with van der Waals surface area (Å²) >= 11 is 6.09. The van der Waals surface area contributed by atoms with Crippen LogP contribution >= 0.6 is 11.6 Å². The summed E-state index contributed by atoms with van der Waals surface area (Å²) in [7, 11) is 1.52. The Morgan fingerprint density at radius 3 is 2.39 bits per heavy atom. The molecule has 0 atom stereocenters. The average Bonchev–Trinajstić information content (AvgIpc) is 2.94. The Bertz CT molecular complexity index is 860. The van der Waals surface area contributed by atoms with Gasteiger partial charge in [0.2, 0.25) is 0 Å². The van der Waals surface area contributed by atoms with Crippen LogP contribution in [0.5, 0.6) is 5.75 Å². The van der Waals surface area contributed by atoms with Crippen molar-refractivity contribution in [2.24, 2.45) is 0 Å². The van der Waals surface area contributed by atoms with E-state index in [1.54, 1.807) is 28.0 Å². The number of anilines is 1. The lowest BCUT2D eigenvalue weighted by atomic mass is 10.2. The van der Waals surface area contributed by atoms with Gasteiger partial charge in [-0.15, -0.1) is 0 Å². The molecule has 1 saturated heterocycles. The minimum absolute atomic E-state index is 0.163. The van der Waals surface area contributed by atoms with Gasteiger partial charge in [-0.3, -0.25) is 4.79 Å². The highest BCUT2D eigenvalue weighted by Crippen LogP contribution is 2.27. The van der Waals surface area contributed by atoms with Crippen LogP contribution in [0.3, 0.4) is 0 Å². The third kappa shape index (κ3) is 4.72.